The van der Waals surface area contributed by atoms with Gasteiger partial charge in [-0.25, -0.2) is 0 Å². The van der Waals surface area contributed by atoms with Crippen LogP contribution in [0, 0.1) is 11.8 Å². The molecular weight excluding hydrogens is 248 g/mol. The number of likely N-dealkylation sites (tertiary alicyclic amines) is 1. The van der Waals surface area contributed by atoms with Crippen molar-refractivity contribution >= 4 is 5.91 Å². The van der Waals surface area contributed by atoms with Gasteiger partial charge in [0.25, 0.3) is 0 Å². The SMILES string of the molecule is CC(c1ccc(C#CCN)cc1)N1CCCCCC1=O. The lowest BCUT2D eigenvalue weighted by Crippen LogP contribution is -2.32. The Morgan fingerprint density at radius 2 is 2.00 bits per heavy atom. The van der Waals surface area contributed by atoms with E-state index in [0.29, 0.717) is 13.0 Å². The summed E-state index contributed by atoms with van der Waals surface area (Å²) in [5.74, 6) is 6.14. The molecule has 0 radical (unpaired) electrons. The van der Waals surface area contributed by atoms with E-state index in [9.17, 15) is 4.79 Å². The van der Waals surface area contributed by atoms with E-state index in [0.717, 1.165) is 31.4 Å². The Bertz CT molecular complexity index is 510. The van der Waals surface area contributed by atoms with Crippen molar-refractivity contribution in [1.82, 2.24) is 4.90 Å². The highest BCUT2D eigenvalue weighted by Gasteiger charge is 2.22. The van der Waals surface area contributed by atoms with E-state index in [1.807, 2.05) is 17.0 Å². The number of nitrogens with zero attached hydrogens (tertiary/aromatic N) is 1. The number of amides is 1. The minimum atomic E-state index is 0.136. The zero-order valence-corrected chi connectivity index (χ0v) is 12.1. The first-order valence-corrected chi connectivity index (χ1v) is 7.30. The number of nitrogens with two attached hydrogens (primary N) is 1. The second-order valence-corrected chi connectivity index (χ2v) is 5.20. The quantitative estimate of drug-likeness (QED) is 0.839. The van der Waals surface area contributed by atoms with Gasteiger partial charge in [0.2, 0.25) is 5.91 Å². The molecule has 1 aromatic rings. The van der Waals surface area contributed by atoms with Gasteiger partial charge in [-0.1, -0.05) is 30.4 Å². The lowest BCUT2D eigenvalue weighted by atomic mass is 10.0. The minimum absolute atomic E-state index is 0.136. The van der Waals surface area contributed by atoms with Gasteiger partial charge in [-0.2, -0.15) is 0 Å². The lowest BCUT2D eigenvalue weighted by Gasteiger charge is -2.28. The van der Waals surface area contributed by atoms with Gasteiger partial charge in [0.05, 0.1) is 12.6 Å². The van der Waals surface area contributed by atoms with Crippen LogP contribution in [-0.2, 0) is 4.79 Å². The number of carbonyl (C=O) groups excluding carboxylic acids is 1. The van der Waals surface area contributed by atoms with Crippen LogP contribution >= 0.6 is 0 Å². The first kappa shape index (κ1) is 14.6. The summed E-state index contributed by atoms with van der Waals surface area (Å²) < 4.78 is 0. The molecule has 106 valence electrons. The molecule has 1 aliphatic rings. The van der Waals surface area contributed by atoms with Crippen LogP contribution in [-0.4, -0.2) is 23.9 Å². The molecule has 0 bridgehead atoms. The molecule has 3 nitrogen and oxygen atoms in total. The molecule has 2 N–H and O–H groups in total. The van der Waals surface area contributed by atoms with E-state index in [2.05, 4.69) is 30.9 Å². The maximum absolute atomic E-state index is 12.1. The van der Waals surface area contributed by atoms with Crippen LogP contribution in [0.1, 0.15) is 49.8 Å². The summed E-state index contributed by atoms with van der Waals surface area (Å²) in [7, 11) is 0. The van der Waals surface area contributed by atoms with Crippen LogP contribution in [0.4, 0.5) is 0 Å². The summed E-state index contributed by atoms with van der Waals surface area (Å²) in [6, 6.07) is 8.25. The molecule has 1 fully saturated rings. The smallest absolute Gasteiger partial charge is 0.223 e. The van der Waals surface area contributed by atoms with Crippen molar-refractivity contribution in [1.29, 1.82) is 0 Å². The van der Waals surface area contributed by atoms with E-state index < -0.39 is 0 Å². The van der Waals surface area contributed by atoms with Crippen LogP contribution in [0.3, 0.4) is 0 Å². The monoisotopic (exact) mass is 270 g/mol. The first-order chi connectivity index (χ1) is 9.72. The van der Waals surface area contributed by atoms with Crippen molar-refractivity contribution in [3.05, 3.63) is 35.4 Å². The van der Waals surface area contributed by atoms with Gasteiger partial charge in [-0.15, -0.1) is 0 Å². The summed E-state index contributed by atoms with van der Waals surface area (Å²) in [4.78, 5) is 14.1. The molecule has 1 amide bonds. The molecule has 1 saturated heterocycles. The van der Waals surface area contributed by atoms with Crippen LogP contribution in [0.15, 0.2) is 24.3 Å². The lowest BCUT2D eigenvalue weighted by molar-refractivity contribution is -0.132. The Morgan fingerprint density at radius 3 is 2.70 bits per heavy atom. The Kier molecular flexibility index (Phi) is 5.20. The maximum atomic E-state index is 12.1. The molecule has 0 aromatic heterocycles. The summed E-state index contributed by atoms with van der Waals surface area (Å²) in [5.41, 5.74) is 7.50. The van der Waals surface area contributed by atoms with Gasteiger partial charge in [0.1, 0.15) is 0 Å². The van der Waals surface area contributed by atoms with Gasteiger partial charge in [-0.05, 0) is 37.5 Å². The Hall–Kier alpha value is -1.79. The zero-order valence-electron chi connectivity index (χ0n) is 12.1. The minimum Gasteiger partial charge on any atom is -0.336 e. The third-order valence-electron chi connectivity index (χ3n) is 3.81. The van der Waals surface area contributed by atoms with Gasteiger partial charge in [0, 0.05) is 18.5 Å². The van der Waals surface area contributed by atoms with E-state index in [1.54, 1.807) is 0 Å². The van der Waals surface area contributed by atoms with Crippen molar-refractivity contribution < 1.29 is 4.79 Å². The standard InChI is InChI=1S/C17H22N2O/c1-14(19-13-4-2-3-7-17(19)20)16-10-8-15(9-11-16)6-5-12-18/h8-11,14H,2-4,7,12-13,18H2,1H3. The fourth-order valence-electron chi connectivity index (χ4n) is 2.59. The largest absolute Gasteiger partial charge is 0.336 e. The predicted octanol–water partition coefficient (Wildman–Crippen LogP) is 2.46. The number of hydrogen-bond donors (Lipinski definition) is 1. The molecular formula is C17H22N2O. The van der Waals surface area contributed by atoms with Gasteiger partial charge in [0.15, 0.2) is 0 Å². The second kappa shape index (κ2) is 7.12. The molecule has 0 spiro atoms. The number of benzene rings is 1. The maximum Gasteiger partial charge on any atom is 0.223 e. The van der Waals surface area contributed by atoms with Crippen molar-refractivity contribution in [2.75, 3.05) is 13.1 Å². The van der Waals surface area contributed by atoms with E-state index in [4.69, 9.17) is 5.73 Å². The highest BCUT2D eigenvalue weighted by Crippen LogP contribution is 2.24. The van der Waals surface area contributed by atoms with Gasteiger partial charge < -0.3 is 10.6 Å². The molecule has 3 heteroatoms. The van der Waals surface area contributed by atoms with E-state index >= 15 is 0 Å². The normalized spacial score (nSPS) is 17.1. The zero-order chi connectivity index (χ0) is 14.4. The highest BCUT2D eigenvalue weighted by atomic mass is 16.2. The van der Waals surface area contributed by atoms with Crippen LogP contribution in [0.2, 0.25) is 0 Å². The van der Waals surface area contributed by atoms with Crippen LogP contribution in [0.5, 0.6) is 0 Å². The predicted molar refractivity (Wildman–Crippen MR) is 81.0 cm³/mol. The third kappa shape index (κ3) is 3.61. The first-order valence-electron chi connectivity index (χ1n) is 7.30. The highest BCUT2D eigenvalue weighted by molar-refractivity contribution is 5.76. The number of rotatable bonds is 2. The Labute approximate surface area is 121 Å². The summed E-state index contributed by atoms with van der Waals surface area (Å²) in [5, 5.41) is 0. The Morgan fingerprint density at radius 1 is 1.25 bits per heavy atom. The van der Waals surface area contributed by atoms with E-state index in [1.165, 1.54) is 5.56 Å². The average molecular weight is 270 g/mol. The van der Waals surface area contributed by atoms with Crippen molar-refractivity contribution in [3.63, 3.8) is 0 Å². The molecule has 2 rings (SSSR count). The van der Waals surface area contributed by atoms with Gasteiger partial charge >= 0.3 is 0 Å². The topological polar surface area (TPSA) is 46.3 Å². The molecule has 20 heavy (non-hydrogen) atoms. The van der Waals surface area contributed by atoms with E-state index in [-0.39, 0.29) is 11.9 Å². The molecule has 0 aliphatic carbocycles. The fraction of sp³-hybridized carbons (Fsp3) is 0.471. The molecule has 1 aliphatic heterocycles. The van der Waals surface area contributed by atoms with Crippen molar-refractivity contribution in [3.8, 4) is 11.8 Å². The molecule has 1 heterocycles. The van der Waals surface area contributed by atoms with Crippen LogP contribution < -0.4 is 5.73 Å². The summed E-state index contributed by atoms with van der Waals surface area (Å²) in [6.45, 7) is 3.35. The summed E-state index contributed by atoms with van der Waals surface area (Å²) in [6.07, 6.45) is 3.97. The molecule has 1 aromatic carbocycles. The number of hydrogen-bond acceptors (Lipinski definition) is 2. The van der Waals surface area contributed by atoms with Crippen molar-refractivity contribution in [2.45, 2.75) is 38.6 Å². The molecule has 1 unspecified atom stereocenters. The molecule has 1 atom stereocenters. The molecule has 0 saturated carbocycles. The van der Waals surface area contributed by atoms with Gasteiger partial charge in [-0.3, -0.25) is 4.79 Å². The fourth-order valence-corrected chi connectivity index (χ4v) is 2.59. The second-order valence-electron chi connectivity index (χ2n) is 5.20. The summed E-state index contributed by atoms with van der Waals surface area (Å²) >= 11 is 0. The number of carbonyl (C=O) groups is 1. The average Bonchev–Trinajstić information content (AvgIpc) is 2.69. The van der Waals surface area contributed by atoms with Crippen molar-refractivity contribution in [2.24, 2.45) is 5.73 Å². The van der Waals surface area contributed by atoms with Crippen LogP contribution in [0.25, 0.3) is 0 Å². The third-order valence-corrected chi connectivity index (χ3v) is 3.81. The Balaban J connectivity index is 2.11.